The van der Waals surface area contributed by atoms with Crippen LogP contribution in [-0.2, 0) is 4.74 Å². The summed E-state index contributed by atoms with van der Waals surface area (Å²) in [4.78, 5) is 39.0. The van der Waals surface area contributed by atoms with E-state index in [2.05, 4.69) is 10.3 Å². The Kier molecular flexibility index (Phi) is 5.18. The first-order chi connectivity index (χ1) is 11.3. The van der Waals surface area contributed by atoms with E-state index in [4.69, 9.17) is 4.74 Å². The molecule has 0 spiro atoms. The second-order valence-corrected chi connectivity index (χ2v) is 5.47. The van der Waals surface area contributed by atoms with Gasteiger partial charge in [0.15, 0.2) is 0 Å². The Morgan fingerprint density at radius 2 is 1.88 bits per heavy atom. The monoisotopic (exact) mass is 328 g/mol. The molecule has 24 heavy (non-hydrogen) atoms. The lowest BCUT2D eigenvalue weighted by Gasteiger charge is -2.11. The molecule has 0 saturated carbocycles. The molecular weight excluding hydrogens is 308 g/mol. The normalized spacial score (nSPS) is 10.3. The van der Waals surface area contributed by atoms with Gasteiger partial charge in [-0.25, -0.2) is 4.79 Å². The van der Waals surface area contributed by atoms with Crippen molar-refractivity contribution in [2.45, 2.75) is 27.7 Å². The number of hydrogen-bond donors (Lipinski definition) is 2. The van der Waals surface area contributed by atoms with E-state index in [0.29, 0.717) is 11.4 Å². The van der Waals surface area contributed by atoms with Crippen molar-refractivity contribution in [3.8, 4) is 0 Å². The Bertz CT molecular complexity index is 853. The van der Waals surface area contributed by atoms with Crippen molar-refractivity contribution < 1.29 is 14.3 Å². The Morgan fingerprint density at radius 3 is 2.54 bits per heavy atom. The first-order valence-electron chi connectivity index (χ1n) is 7.63. The first kappa shape index (κ1) is 17.5. The van der Waals surface area contributed by atoms with Gasteiger partial charge in [0.1, 0.15) is 5.56 Å². The van der Waals surface area contributed by atoms with Gasteiger partial charge in [-0.3, -0.25) is 9.59 Å². The van der Waals surface area contributed by atoms with Crippen LogP contribution in [0.25, 0.3) is 0 Å². The van der Waals surface area contributed by atoms with Crippen molar-refractivity contribution in [1.82, 2.24) is 4.98 Å². The molecule has 1 aromatic heterocycles. The van der Waals surface area contributed by atoms with Crippen LogP contribution < -0.4 is 10.9 Å². The molecule has 0 bridgehead atoms. The van der Waals surface area contributed by atoms with Crippen LogP contribution >= 0.6 is 0 Å². The zero-order valence-electron chi connectivity index (χ0n) is 14.1. The van der Waals surface area contributed by atoms with Crippen molar-refractivity contribution in [2.75, 3.05) is 11.9 Å². The van der Waals surface area contributed by atoms with E-state index in [1.807, 2.05) is 26.0 Å². The summed E-state index contributed by atoms with van der Waals surface area (Å²) in [5.74, 6) is -1.15. The number of aromatic nitrogens is 1. The smallest absolute Gasteiger partial charge is 0.339 e. The number of amides is 1. The molecule has 6 heteroatoms. The maximum Gasteiger partial charge on any atom is 0.339 e. The number of aryl methyl sites for hydroxylation is 2. The highest BCUT2D eigenvalue weighted by molar-refractivity contribution is 6.05. The number of H-pyrrole nitrogens is 1. The average molecular weight is 328 g/mol. The maximum absolute atomic E-state index is 12.5. The minimum Gasteiger partial charge on any atom is -0.462 e. The summed E-state index contributed by atoms with van der Waals surface area (Å²) in [6.07, 6.45) is 0. The number of anilines is 1. The Morgan fingerprint density at radius 1 is 1.17 bits per heavy atom. The molecule has 0 saturated heterocycles. The van der Waals surface area contributed by atoms with Crippen molar-refractivity contribution in [2.24, 2.45) is 0 Å². The molecule has 2 aromatic rings. The molecular formula is C18H20N2O4. The standard InChI is InChI=1S/C18H20N2O4/c1-5-24-18(23)13-9-14(16(21)19-12(13)4)17(22)20-15-8-6-7-10(2)11(15)3/h6-9H,5H2,1-4H3,(H,19,21)(H,20,22). The van der Waals surface area contributed by atoms with Crippen molar-refractivity contribution in [3.05, 3.63) is 62.6 Å². The molecule has 6 nitrogen and oxygen atoms in total. The Labute approximate surface area is 139 Å². The summed E-state index contributed by atoms with van der Waals surface area (Å²) in [7, 11) is 0. The van der Waals surface area contributed by atoms with Crippen LogP contribution in [-0.4, -0.2) is 23.5 Å². The predicted molar refractivity (Wildman–Crippen MR) is 91.6 cm³/mol. The molecule has 126 valence electrons. The first-order valence-corrected chi connectivity index (χ1v) is 7.63. The quantitative estimate of drug-likeness (QED) is 0.845. The molecule has 0 atom stereocenters. The number of esters is 1. The second-order valence-electron chi connectivity index (χ2n) is 5.47. The Balaban J connectivity index is 2.39. The van der Waals surface area contributed by atoms with Gasteiger partial charge in [-0.2, -0.15) is 0 Å². The van der Waals surface area contributed by atoms with Crippen LogP contribution in [0, 0.1) is 20.8 Å². The third-order valence-electron chi connectivity index (χ3n) is 3.83. The number of benzene rings is 1. The van der Waals surface area contributed by atoms with Gasteiger partial charge in [-0.15, -0.1) is 0 Å². The van der Waals surface area contributed by atoms with Gasteiger partial charge in [-0.05, 0) is 51.0 Å². The van der Waals surface area contributed by atoms with Crippen LogP contribution in [0.4, 0.5) is 5.69 Å². The number of rotatable bonds is 4. The molecule has 0 unspecified atom stereocenters. The fraction of sp³-hybridized carbons (Fsp3) is 0.278. The molecule has 2 rings (SSSR count). The third kappa shape index (κ3) is 3.53. The molecule has 1 heterocycles. The largest absolute Gasteiger partial charge is 0.462 e. The lowest BCUT2D eigenvalue weighted by atomic mass is 10.1. The molecule has 1 aromatic carbocycles. The van der Waals surface area contributed by atoms with E-state index in [9.17, 15) is 14.4 Å². The van der Waals surface area contributed by atoms with Crippen LogP contribution in [0.2, 0.25) is 0 Å². The van der Waals surface area contributed by atoms with Gasteiger partial charge in [-0.1, -0.05) is 12.1 Å². The van der Waals surface area contributed by atoms with Gasteiger partial charge in [0, 0.05) is 11.4 Å². The number of ether oxygens (including phenoxy) is 1. The topological polar surface area (TPSA) is 88.3 Å². The SMILES string of the molecule is CCOC(=O)c1cc(C(=O)Nc2cccc(C)c2C)c(=O)[nH]c1C. The molecule has 1 amide bonds. The van der Waals surface area contributed by atoms with Crippen molar-refractivity contribution >= 4 is 17.6 Å². The second kappa shape index (κ2) is 7.12. The van der Waals surface area contributed by atoms with Gasteiger partial charge >= 0.3 is 5.97 Å². The number of aromatic amines is 1. The summed E-state index contributed by atoms with van der Waals surface area (Å²) < 4.78 is 4.94. The van der Waals surface area contributed by atoms with E-state index in [1.165, 1.54) is 6.07 Å². The number of carbonyl (C=O) groups excluding carboxylic acids is 2. The van der Waals surface area contributed by atoms with Gasteiger partial charge in [0.25, 0.3) is 11.5 Å². The van der Waals surface area contributed by atoms with Crippen LogP contribution in [0.1, 0.15) is 44.5 Å². The summed E-state index contributed by atoms with van der Waals surface area (Å²) in [5, 5.41) is 2.71. The minimum absolute atomic E-state index is 0.135. The van der Waals surface area contributed by atoms with Gasteiger partial charge in [0.05, 0.1) is 12.2 Å². The van der Waals surface area contributed by atoms with E-state index >= 15 is 0 Å². The van der Waals surface area contributed by atoms with Crippen LogP contribution in [0.5, 0.6) is 0 Å². The summed E-state index contributed by atoms with van der Waals surface area (Å²) >= 11 is 0. The summed E-state index contributed by atoms with van der Waals surface area (Å²) in [6, 6.07) is 6.78. The fourth-order valence-electron chi connectivity index (χ4n) is 2.29. The van der Waals surface area contributed by atoms with Crippen molar-refractivity contribution in [3.63, 3.8) is 0 Å². The average Bonchev–Trinajstić information content (AvgIpc) is 2.52. The Hall–Kier alpha value is -2.89. The molecule has 0 fully saturated rings. The lowest BCUT2D eigenvalue weighted by Crippen LogP contribution is -2.26. The fourth-order valence-corrected chi connectivity index (χ4v) is 2.29. The lowest BCUT2D eigenvalue weighted by molar-refractivity contribution is 0.0525. The van der Waals surface area contributed by atoms with E-state index in [0.717, 1.165) is 11.1 Å². The minimum atomic E-state index is -0.577. The number of hydrogen-bond acceptors (Lipinski definition) is 4. The van der Waals surface area contributed by atoms with Crippen LogP contribution in [0.15, 0.2) is 29.1 Å². The molecule has 0 aliphatic carbocycles. The molecule has 0 radical (unpaired) electrons. The summed E-state index contributed by atoms with van der Waals surface area (Å²) in [6.45, 7) is 7.30. The van der Waals surface area contributed by atoms with E-state index < -0.39 is 17.4 Å². The maximum atomic E-state index is 12.5. The molecule has 2 N–H and O–H groups in total. The van der Waals surface area contributed by atoms with E-state index in [-0.39, 0.29) is 17.7 Å². The van der Waals surface area contributed by atoms with Gasteiger partial charge in [0.2, 0.25) is 0 Å². The zero-order chi connectivity index (χ0) is 17.9. The number of pyridine rings is 1. The zero-order valence-corrected chi connectivity index (χ0v) is 14.1. The summed E-state index contributed by atoms with van der Waals surface area (Å²) in [5.41, 5.74) is 2.41. The number of carbonyl (C=O) groups is 2. The van der Waals surface area contributed by atoms with Crippen molar-refractivity contribution in [1.29, 1.82) is 0 Å². The number of nitrogens with one attached hydrogen (secondary N) is 2. The third-order valence-corrected chi connectivity index (χ3v) is 3.83. The highest BCUT2D eigenvalue weighted by Crippen LogP contribution is 2.18. The highest BCUT2D eigenvalue weighted by atomic mass is 16.5. The predicted octanol–water partition coefficient (Wildman–Crippen LogP) is 2.73. The molecule has 0 aliphatic heterocycles. The van der Waals surface area contributed by atoms with Gasteiger partial charge < -0.3 is 15.0 Å². The van der Waals surface area contributed by atoms with E-state index in [1.54, 1.807) is 19.9 Å². The van der Waals surface area contributed by atoms with Crippen LogP contribution in [0.3, 0.4) is 0 Å². The highest BCUT2D eigenvalue weighted by Gasteiger charge is 2.18. The molecule has 0 aliphatic rings.